The highest BCUT2D eigenvalue weighted by Crippen LogP contribution is 2.30. The van der Waals surface area contributed by atoms with Crippen molar-refractivity contribution < 1.29 is 19.2 Å². The number of anilines is 1. The van der Waals surface area contributed by atoms with Crippen molar-refractivity contribution in [1.82, 2.24) is 0 Å². The first-order valence-corrected chi connectivity index (χ1v) is 5.78. The first-order valence-electron chi connectivity index (χ1n) is 5.40. The Morgan fingerprint density at radius 2 is 2.26 bits per heavy atom. The van der Waals surface area contributed by atoms with Crippen LogP contribution in [-0.2, 0) is 4.79 Å². The van der Waals surface area contributed by atoms with Crippen LogP contribution in [0.5, 0.6) is 0 Å². The lowest BCUT2D eigenvalue weighted by Gasteiger charge is -2.12. The normalized spacial score (nSPS) is 11.9. The second-order valence-corrected chi connectivity index (χ2v) is 4.53. The van der Waals surface area contributed by atoms with E-state index in [-0.39, 0.29) is 35.3 Å². The number of carbonyl (C=O) groups is 1. The fourth-order valence-electron chi connectivity index (χ4n) is 1.48. The van der Waals surface area contributed by atoms with E-state index < -0.39 is 16.7 Å². The van der Waals surface area contributed by atoms with Crippen LogP contribution in [0.4, 0.5) is 15.8 Å². The van der Waals surface area contributed by atoms with Crippen LogP contribution in [0.25, 0.3) is 0 Å². The van der Waals surface area contributed by atoms with E-state index in [1.807, 2.05) is 0 Å². The molecule has 0 spiro atoms. The van der Waals surface area contributed by atoms with Crippen molar-refractivity contribution >= 4 is 28.9 Å². The number of nitro groups is 1. The van der Waals surface area contributed by atoms with Gasteiger partial charge in [0.05, 0.1) is 9.95 Å². The van der Waals surface area contributed by atoms with E-state index in [9.17, 15) is 19.3 Å². The summed E-state index contributed by atoms with van der Waals surface area (Å²) < 4.78 is 13.3. The van der Waals surface area contributed by atoms with Gasteiger partial charge in [-0.2, -0.15) is 0 Å². The second kappa shape index (κ2) is 6.33. The van der Waals surface area contributed by atoms with Gasteiger partial charge in [-0.05, 0) is 5.92 Å². The summed E-state index contributed by atoms with van der Waals surface area (Å²) in [5.41, 5.74) is -0.377. The summed E-state index contributed by atoms with van der Waals surface area (Å²) in [6.07, 6.45) is -0.0864. The number of halogens is 2. The average molecular weight is 291 g/mol. The Kier molecular flexibility index (Phi) is 5.05. The summed E-state index contributed by atoms with van der Waals surface area (Å²) in [5, 5.41) is 21.7. The molecule has 19 heavy (non-hydrogen) atoms. The molecule has 0 aliphatic carbocycles. The molecular formula is C11H12ClFN2O4. The van der Waals surface area contributed by atoms with Crippen LogP contribution in [0.15, 0.2) is 12.1 Å². The van der Waals surface area contributed by atoms with Gasteiger partial charge in [-0.25, -0.2) is 4.39 Å². The van der Waals surface area contributed by atoms with Gasteiger partial charge in [-0.1, -0.05) is 18.5 Å². The fraction of sp³-hybridized carbons (Fsp3) is 0.364. The quantitative estimate of drug-likeness (QED) is 0.621. The van der Waals surface area contributed by atoms with Crippen LogP contribution in [0.1, 0.15) is 13.3 Å². The highest BCUT2D eigenvalue weighted by molar-refractivity contribution is 6.31. The lowest BCUT2D eigenvalue weighted by Crippen LogP contribution is -2.15. The van der Waals surface area contributed by atoms with Crippen LogP contribution < -0.4 is 5.32 Å². The summed E-state index contributed by atoms with van der Waals surface area (Å²) in [6.45, 7) is 1.84. The molecule has 0 bridgehead atoms. The van der Waals surface area contributed by atoms with E-state index >= 15 is 0 Å². The van der Waals surface area contributed by atoms with Gasteiger partial charge in [0.2, 0.25) is 0 Å². The zero-order valence-electron chi connectivity index (χ0n) is 10.0. The third-order valence-electron chi connectivity index (χ3n) is 2.40. The SMILES string of the molecule is CC(CNc1cc(F)c(Cl)cc1[N+](=O)[O-])CC(=O)O. The highest BCUT2D eigenvalue weighted by Gasteiger charge is 2.18. The average Bonchev–Trinajstić information content (AvgIpc) is 2.29. The van der Waals surface area contributed by atoms with Crippen molar-refractivity contribution in [2.75, 3.05) is 11.9 Å². The molecular weight excluding hydrogens is 279 g/mol. The van der Waals surface area contributed by atoms with Crippen LogP contribution >= 0.6 is 11.6 Å². The molecule has 0 saturated heterocycles. The number of nitrogens with zero attached hydrogens (tertiary/aromatic N) is 1. The molecule has 0 aromatic heterocycles. The summed E-state index contributed by atoms with van der Waals surface area (Å²) in [4.78, 5) is 20.6. The van der Waals surface area contributed by atoms with Gasteiger partial charge in [0.15, 0.2) is 0 Å². The zero-order valence-corrected chi connectivity index (χ0v) is 10.8. The molecule has 0 saturated carbocycles. The maximum atomic E-state index is 13.3. The highest BCUT2D eigenvalue weighted by atomic mass is 35.5. The molecule has 0 fully saturated rings. The van der Waals surface area contributed by atoms with Crippen molar-refractivity contribution in [3.63, 3.8) is 0 Å². The lowest BCUT2D eigenvalue weighted by molar-refractivity contribution is -0.384. The maximum absolute atomic E-state index is 13.3. The molecule has 104 valence electrons. The number of benzene rings is 1. The Morgan fingerprint density at radius 1 is 1.63 bits per heavy atom. The summed E-state index contributed by atoms with van der Waals surface area (Å²) in [7, 11) is 0. The number of hydrogen-bond donors (Lipinski definition) is 2. The fourth-order valence-corrected chi connectivity index (χ4v) is 1.64. The number of carboxylic acids is 1. The molecule has 0 aliphatic rings. The number of hydrogen-bond acceptors (Lipinski definition) is 4. The minimum Gasteiger partial charge on any atom is -0.481 e. The minimum atomic E-state index is -0.967. The van der Waals surface area contributed by atoms with Crippen LogP contribution in [0.3, 0.4) is 0 Å². The van der Waals surface area contributed by atoms with Crippen molar-refractivity contribution in [2.24, 2.45) is 5.92 Å². The molecule has 1 rings (SSSR count). The minimum absolute atomic E-state index is 0.0239. The van der Waals surface area contributed by atoms with Crippen LogP contribution in [0.2, 0.25) is 5.02 Å². The number of aliphatic carboxylic acids is 1. The summed E-state index contributed by atoms with van der Waals surface area (Å²) in [6, 6.07) is 1.84. The Labute approximate surface area is 113 Å². The first-order chi connectivity index (χ1) is 8.81. The van der Waals surface area contributed by atoms with E-state index in [1.54, 1.807) is 6.92 Å². The number of nitro benzene ring substituents is 1. The molecule has 6 nitrogen and oxygen atoms in total. The topological polar surface area (TPSA) is 92.5 Å². The molecule has 8 heteroatoms. The maximum Gasteiger partial charge on any atom is 0.303 e. The largest absolute Gasteiger partial charge is 0.481 e. The van der Waals surface area contributed by atoms with Gasteiger partial charge in [-0.15, -0.1) is 0 Å². The van der Waals surface area contributed by atoms with E-state index in [0.717, 1.165) is 12.1 Å². The molecule has 0 radical (unpaired) electrons. The summed E-state index contributed by atoms with van der Waals surface area (Å²) in [5.74, 6) is -2.00. The third-order valence-corrected chi connectivity index (χ3v) is 2.69. The Balaban J connectivity index is 2.85. The third kappa shape index (κ3) is 4.36. The molecule has 2 N–H and O–H groups in total. The predicted molar refractivity (Wildman–Crippen MR) is 68.0 cm³/mol. The molecule has 0 heterocycles. The summed E-state index contributed by atoms with van der Waals surface area (Å²) >= 11 is 5.48. The monoisotopic (exact) mass is 290 g/mol. The number of nitrogens with one attached hydrogen (secondary N) is 1. The smallest absolute Gasteiger partial charge is 0.303 e. The Morgan fingerprint density at radius 3 is 2.79 bits per heavy atom. The van der Waals surface area contributed by atoms with Crippen molar-refractivity contribution in [1.29, 1.82) is 0 Å². The Hall–Kier alpha value is -1.89. The van der Waals surface area contributed by atoms with Gasteiger partial charge in [0.25, 0.3) is 5.69 Å². The van der Waals surface area contributed by atoms with Crippen LogP contribution in [0, 0.1) is 21.8 Å². The lowest BCUT2D eigenvalue weighted by atomic mass is 10.1. The number of carboxylic acid groups (broad SMARTS) is 1. The van der Waals surface area contributed by atoms with E-state index in [0.29, 0.717) is 0 Å². The molecule has 1 unspecified atom stereocenters. The predicted octanol–water partition coefficient (Wildman–Crippen LogP) is 2.91. The van der Waals surface area contributed by atoms with Crippen molar-refractivity contribution in [2.45, 2.75) is 13.3 Å². The molecule has 1 aromatic carbocycles. The van der Waals surface area contributed by atoms with Crippen molar-refractivity contribution in [3.8, 4) is 0 Å². The van der Waals surface area contributed by atoms with E-state index in [1.165, 1.54) is 0 Å². The molecule has 0 aliphatic heterocycles. The number of rotatable bonds is 6. The second-order valence-electron chi connectivity index (χ2n) is 4.12. The molecule has 1 aromatic rings. The van der Waals surface area contributed by atoms with Crippen molar-refractivity contribution in [3.05, 3.63) is 33.1 Å². The van der Waals surface area contributed by atoms with Gasteiger partial charge in [-0.3, -0.25) is 14.9 Å². The van der Waals surface area contributed by atoms with Gasteiger partial charge < -0.3 is 10.4 Å². The molecule has 0 amide bonds. The van der Waals surface area contributed by atoms with E-state index in [4.69, 9.17) is 16.7 Å². The zero-order chi connectivity index (χ0) is 14.6. The standard InChI is InChI=1S/C11H12ClFN2O4/c1-6(2-11(16)17)5-14-9-4-8(13)7(12)3-10(9)15(18)19/h3-4,6,14H,2,5H2,1H3,(H,16,17). The van der Waals surface area contributed by atoms with Gasteiger partial charge >= 0.3 is 5.97 Å². The van der Waals surface area contributed by atoms with E-state index in [2.05, 4.69) is 5.32 Å². The Bertz CT molecular complexity index is 510. The molecule has 1 atom stereocenters. The van der Waals surface area contributed by atoms with Gasteiger partial charge in [0.1, 0.15) is 11.5 Å². The first kappa shape index (κ1) is 15.2. The van der Waals surface area contributed by atoms with Crippen LogP contribution in [-0.4, -0.2) is 22.5 Å². The van der Waals surface area contributed by atoms with Gasteiger partial charge in [0, 0.05) is 25.1 Å².